The Hall–Kier alpha value is -2.46. The van der Waals surface area contributed by atoms with E-state index in [1.54, 1.807) is 0 Å². The van der Waals surface area contributed by atoms with Gasteiger partial charge in [0.05, 0.1) is 29.0 Å². The minimum atomic E-state index is -0.315. The third kappa shape index (κ3) is 6.26. The summed E-state index contributed by atoms with van der Waals surface area (Å²) in [5, 5.41) is 13.1. The molecule has 0 unspecified atom stereocenters. The largest absolute Gasteiger partial charge is 0.494 e. The molecule has 29 heavy (non-hydrogen) atoms. The normalized spacial score (nSPS) is 16.2. The predicted octanol–water partition coefficient (Wildman–Crippen LogP) is 3.81. The third-order valence-electron chi connectivity index (χ3n) is 4.63. The lowest BCUT2D eigenvalue weighted by Gasteiger charge is -2.26. The summed E-state index contributed by atoms with van der Waals surface area (Å²) >= 11 is 1.24. The van der Waals surface area contributed by atoms with Crippen molar-refractivity contribution in [1.82, 2.24) is 10.2 Å². The maximum absolute atomic E-state index is 12.6. The molecule has 1 N–H and O–H groups in total. The second-order valence-corrected chi connectivity index (χ2v) is 7.82. The van der Waals surface area contributed by atoms with Gasteiger partial charge in [-0.3, -0.25) is 9.59 Å². The molecular weight excluding hydrogens is 386 g/mol. The van der Waals surface area contributed by atoms with Crippen LogP contribution in [0.2, 0.25) is 0 Å². The van der Waals surface area contributed by atoms with Gasteiger partial charge in [0.1, 0.15) is 5.75 Å². The molecule has 0 fully saturated rings. The monoisotopic (exact) mass is 415 g/mol. The molecule has 7 heteroatoms. The van der Waals surface area contributed by atoms with Gasteiger partial charge in [-0.1, -0.05) is 37.7 Å². The summed E-state index contributed by atoms with van der Waals surface area (Å²) in [7, 11) is 0. The zero-order valence-electron chi connectivity index (χ0n) is 17.4. The van der Waals surface area contributed by atoms with Crippen molar-refractivity contribution >= 4 is 23.6 Å². The Bertz CT molecular complexity index is 777. The highest BCUT2D eigenvalue weighted by Gasteiger charge is 2.30. The number of benzene rings is 1. The number of allylic oxidation sites excluding steroid dienone is 1. The standard InChI is InChI=1S/C22H29N3O3S/c1-4-11-25(12-5-2)21(27)15-29-22-19(14-23)18(13-20(26)24-22)16-7-9-17(10-8-16)28-6-3/h7-10,18H,4-6,11-13,15H2,1-3H3,(H,24,26)/t18-/m1/s1. The molecule has 1 aliphatic heterocycles. The van der Waals surface area contributed by atoms with Crippen molar-refractivity contribution in [1.29, 1.82) is 5.26 Å². The zero-order valence-corrected chi connectivity index (χ0v) is 18.2. The highest BCUT2D eigenvalue weighted by molar-refractivity contribution is 8.03. The molecule has 0 spiro atoms. The van der Waals surface area contributed by atoms with E-state index in [-0.39, 0.29) is 29.9 Å². The van der Waals surface area contributed by atoms with Crippen LogP contribution in [0.15, 0.2) is 34.9 Å². The summed E-state index contributed by atoms with van der Waals surface area (Å²) in [4.78, 5) is 26.7. The van der Waals surface area contributed by atoms with E-state index in [0.29, 0.717) is 17.2 Å². The molecular formula is C22H29N3O3S. The summed E-state index contributed by atoms with van der Waals surface area (Å²) < 4.78 is 5.47. The molecule has 1 heterocycles. The van der Waals surface area contributed by atoms with Gasteiger partial charge in [0.15, 0.2) is 0 Å². The first kappa shape index (κ1) is 22.8. The van der Waals surface area contributed by atoms with Crippen molar-refractivity contribution in [2.24, 2.45) is 0 Å². The quantitative estimate of drug-likeness (QED) is 0.628. The Kier molecular flexibility index (Phi) is 9.07. The van der Waals surface area contributed by atoms with Crippen molar-refractivity contribution < 1.29 is 14.3 Å². The molecule has 6 nitrogen and oxygen atoms in total. The minimum Gasteiger partial charge on any atom is -0.494 e. The van der Waals surface area contributed by atoms with E-state index >= 15 is 0 Å². The van der Waals surface area contributed by atoms with E-state index in [9.17, 15) is 14.9 Å². The van der Waals surface area contributed by atoms with E-state index in [2.05, 4.69) is 11.4 Å². The number of thioether (sulfide) groups is 1. The van der Waals surface area contributed by atoms with Crippen molar-refractivity contribution in [2.75, 3.05) is 25.4 Å². The van der Waals surface area contributed by atoms with Crippen LogP contribution in [0.3, 0.4) is 0 Å². The predicted molar refractivity (Wildman–Crippen MR) is 115 cm³/mol. The van der Waals surface area contributed by atoms with Crippen LogP contribution in [-0.4, -0.2) is 42.2 Å². The van der Waals surface area contributed by atoms with Gasteiger partial charge in [0.2, 0.25) is 11.8 Å². The van der Waals surface area contributed by atoms with E-state index in [1.165, 1.54) is 11.8 Å². The van der Waals surface area contributed by atoms with Crippen molar-refractivity contribution in [3.63, 3.8) is 0 Å². The number of carbonyl (C=O) groups is 2. The highest BCUT2D eigenvalue weighted by atomic mass is 32.2. The number of ether oxygens (including phenoxy) is 1. The average Bonchev–Trinajstić information content (AvgIpc) is 2.72. The Balaban J connectivity index is 2.19. The van der Waals surface area contributed by atoms with Gasteiger partial charge < -0.3 is 15.0 Å². The van der Waals surface area contributed by atoms with Crippen LogP contribution in [0.4, 0.5) is 0 Å². The Labute approximate surface area is 177 Å². The molecule has 0 bridgehead atoms. The molecule has 156 valence electrons. The Morgan fingerprint density at radius 1 is 1.24 bits per heavy atom. The first-order valence-electron chi connectivity index (χ1n) is 10.1. The molecule has 1 atom stereocenters. The average molecular weight is 416 g/mol. The van der Waals surface area contributed by atoms with Gasteiger partial charge in [-0.15, -0.1) is 0 Å². The van der Waals surface area contributed by atoms with Crippen LogP contribution >= 0.6 is 11.8 Å². The van der Waals surface area contributed by atoms with Gasteiger partial charge in [0, 0.05) is 25.4 Å². The molecule has 0 aromatic heterocycles. The van der Waals surface area contributed by atoms with Crippen molar-refractivity contribution in [3.8, 4) is 11.8 Å². The van der Waals surface area contributed by atoms with Gasteiger partial charge in [0.25, 0.3) is 0 Å². The summed E-state index contributed by atoms with van der Waals surface area (Å²) in [5.41, 5.74) is 1.40. The second kappa shape index (κ2) is 11.5. The molecule has 0 saturated carbocycles. The maximum atomic E-state index is 12.6. The third-order valence-corrected chi connectivity index (χ3v) is 5.63. The summed E-state index contributed by atoms with van der Waals surface area (Å²) in [6.07, 6.45) is 2.02. The number of nitriles is 1. The molecule has 0 aliphatic carbocycles. The van der Waals surface area contributed by atoms with Crippen LogP contribution in [0.25, 0.3) is 0 Å². The van der Waals surface area contributed by atoms with E-state index in [1.807, 2.05) is 49.9 Å². The fraction of sp³-hybridized carbons (Fsp3) is 0.500. The number of nitrogens with one attached hydrogen (secondary N) is 1. The van der Waals surface area contributed by atoms with Crippen molar-refractivity contribution in [2.45, 2.75) is 46.0 Å². The zero-order chi connectivity index (χ0) is 21.2. The summed E-state index contributed by atoms with van der Waals surface area (Å²) in [6.45, 7) is 8.03. The van der Waals surface area contributed by atoms with Crippen LogP contribution in [-0.2, 0) is 9.59 Å². The lowest BCUT2D eigenvalue weighted by molar-refractivity contribution is -0.128. The molecule has 0 radical (unpaired) electrons. The fourth-order valence-electron chi connectivity index (χ4n) is 3.31. The van der Waals surface area contributed by atoms with Gasteiger partial charge in [-0.2, -0.15) is 5.26 Å². The van der Waals surface area contributed by atoms with E-state index in [4.69, 9.17) is 4.74 Å². The van der Waals surface area contributed by atoms with Gasteiger partial charge >= 0.3 is 0 Å². The Morgan fingerprint density at radius 2 is 1.90 bits per heavy atom. The summed E-state index contributed by atoms with van der Waals surface area (Å²) in [5.74, 6) is 0.532. The van der Waals surface area contributed by atoms with Crippen LogP contribution < -0.4 is 10.1 Å². The first-order chi connectivity index (χ1) is 14.0. The minimum absolute atomic E-state index is 0.0286. The summed E-state index contributed by atoms with van der Waals surface area (Å²) in [6, 6.07) is 9.74. The molecule has 1 aromatic carbocycles. The van der Waals surface area contributed by atoms with Crippen molar-refractivity contribution in [3.05, 3.63) is 40.4 Å². The fourth-order valence-corrected chi connectivity index (χ4v) is 4.29. The number of amides is 2. The number of nitrogens with zero attached hydrogens (tertiary/aromatic N) is 2. The second-order valence-electron chi connectivity index (χ2n) is 6.83. The smallest absolute Gasteiger partial charge is 0.232 e. The lowest BCUT2D eigenvalue weighted by Crippen LogP contribution is -2.35. The van der Waals surface area contributed by atoms with Crippen LogP contribution in [0.5, 0.6) is 5.75 Å². The molecule has 2 amide bonds. The topological polar surface area (TPSA) is 82.4 Å². The Morgan fingerprint density at radius 3 is 2.45 bits per heavy atom. The maximum Gasteiger partial charge on any atom is 0.232 e. The van der Waals surface area contributed by atoms with E-state index < -0.39 is 0 Å². The number of hydrogen-bond donors (Lipinski definition) is 1. The number of hydrogen-bond acceptors (Lipinski definition) is 5. The molecule has 1 aliphatic rings. The highest BCUT2D eigenvalue weighted by Crippen LogP contribution is 2.36. The molecule has 0 saturated heterocycles. The molecule has 1 aromatic rings. The SMILES string of the molecule is CCCN(CCC)C(=O)CSC1=C(C#N)[C@@H](c2ccc(OCC)cc2)CC(=O)N1. The van der Waals surface area contributed by atoms with Crippen LogP contribution in [0, 0.1) is 11.3 Å². The van der Waals surface area contributed by atoms with Gasteiger partial charge in [-0.25, -0.2) is 0 Å². The number of rotatable bonds is 10. The first-order valence-corrected chi connectivity index (χ1v) is 11.1. The lowest BCUT2D eigenvalue weighted by atomic mass is 9.87. The van der Waals surface area contributed by atoms with Crippen LogP contribution in [0.1, 0.15) is 51.5 Å². The van der Waals surface area contributed by atoms with E-state index in [0.717, 1.165) is 37.2 Å². The number of carbonyl (C=O) groups excluding carboxylic acids is 2. The molecule has 2 rings (SSSR count). The van der Waals surface area contributed by atoms with Gasteiger partial charge in [-0.05, 0) is 37.5 Å².